The molecule has 0 atom stereocenters. The molecule has 110 valence electrons. The third-order valence-corrected chi connectivity index (χ3v) is 3.66. The van der Waals surface area contributed by atoms with Gasteiger partial charge in [0.25, 0.3) is 0 Å². The van der Waals surface area contributed by atoms with E-state index in [1.54, 1.807) is 0 Å². The standard InChI is InChI=1S/C19H29N/c1-17(2)13-9-6-5-7-12-16-20(4)18(3)19-14-10-8-11-15-19/h8,10-11,14-15H,1,3,5-7,9,12-13,16H2,2,4H3. The average Bonchev–Trinajstić information content (AvgIpc) is 2.45. The zero-order chi connectivity index (χ0) is 14.8. The Morgan fingerprint density at radius 2 is 1.55 bits per heavy atom. The van der Waals surface area contributed by atoms with E-state index >= 15 is 0 Å². The molecule has 0 unspecified atom stereocenters. The average molecular weight is 271 g/mol. The lowest BCUT2D eigenvalue weighted by atomic mass is 10.1. The molecule has 0 saturated carbocycles. The van der Waals surface area contributed by atoms with Crippen LogP contribution < -0.4 is 0 Å². The highest BCUT2D eigenvalue weighted by Crippen LogP contribution is 2.16. The highest BCUT2D eigenvalue weighted by Gasteiger charge is 2.03. The summed E-state index contributed by atoms with van der Waals surface area (Å²) in [4.78, 5) is 2.27. The second kappa shape index (κ2) is 9.41. The number of benzene rings is 1. The van der Waals surface area contributed by atoms with Gasteiger partial charge in [-0.25, -0.2) is 0 Å². The summed E-state index contributed by atoms with van der Waals surface area (Å²) < 4.78 is 0. The molecule has 1 nitrogen and oxygen atoms in total. The van der Waals surface area contributed by atoms with Gasteiger partial charge >= 0.3 is 0 Å². The molecule has 0 heterocycles. The molecule has 0 radical (unpaired) electrons. The van der Waals surface area contributed by atoms with E-state index in [1.165, 1.54) is 49.7 Å². The van der Waals surface area contributed by atoms with E-state index in [1.807, 2.05) is 6.07 Å². The van der Waals surface area contributed by atoms with Crippen molar-refractivity contribution >= 4 is 5.70 Å². The normalized spacial score (nSPS) is 10.3. The summed E-state index contributed by atoms with van der Waals surface area (Å²) in [6.45, 7) is 11.3. The second-order valence-electron chi connectivity index (χ2n) is 5.71. The number of hydrogen-bond donors (Lipinski definition) is 0. The van der Waals surface area contributed by atoms with Gasteiger partial charge in [-0.3, -0.25) is 0 Å². The van der Waals surface area contributed by atoms with Gasteiger partial charge in [-0.05, 0) is 31.7 Å². The minimum absolute atomic E-state index is 1.09. The van der Waals surface area contributed by atoms with Crippen LogP contribution in [0.25, 0.3) is 5.70 Å². The van der Waals surface area contributed by atoms with Crippen molar-refractivity contribution in [1.29, 1.82) is 0 Å². The van der Waals surface area contributed by atoms with Gasteiger partial charge in [0.1, 0.15) is 0 Å². The quantitative estimate of drug-likeness (QED) is 0.401. The van der Waals surface area contributed by atoms with Gasteiger partial charge in [-0.2, -0.15) is 0 Å². The topological polar surface area (TPSA) is 3.24 Å². The third kappa shape index (κ3) is 6.60. The molecular formula is C19H29N. The van der Waals surface area contributed by atoms with Crippen LogP contribution in [0.4, 0.5) is 0 Å². The van der Waals surface area contributed by atoms with Gasteiger partial charge < -0.3 is 4.90 Å². The Hall–Kier alpha value is -1.50. The fourth-order valence-electron chi connectivity index (χ4n) is 2.29. The predicted molar refractivity (Wildman–Crippen MR) is 90.6 cm³/mol. The Labute approximate surface area is 125 Å². The van der Waals surface area contributed by atoms with E-state index in [9.17, 15) is 0 Å². The molecule has 0 bridgehead atoms. The van der Waals surface area contributed by atoms with Crippen LogP contribution in [0.5, 0.6) is 0 Å². The van der Waals surface area contributed by atoms with Gasteiger partial charge in [0.2, 0.25) is 0 Å². The number of allylic oxidation sites excluding steroid dienone is 1. The van der Waals surface area contributed by atoms with E-state index in [4.69, 9.17) is 0 Å². The Morgan fingerprint density at radius 3 is 2.20 bits per heavy atom. The van der Waals surface area contributed by atoms with E-state index < -0.39 is 0 Å². The number of unbranched alkanes of at least 4 members (excludes halogenated alkanes) is 4. The lowest BCUT2D eigenvalue weighted by Gasteiger charge is -2.21. The maximum atomic E-state index is 4.19. The van der Waals surface area contributed by atoms with Crippen LogP contribution in [0.2, 0.25) is 0 Å². The summed E-state index contributed by atoms with van der Waals surface area (Å²) in [5.41, 5.74) is 3.65. The van der Waals surface area contributed by atoms with Gasteiger partial charge in [0.15, 0.2) is 0 Å². The van der Waals surface area contributed by atoms with E-state index in [-0.39, 0.29) is 0 Å². The van der Waals surface area contributed by atoms with Crippen molar-refractivity contribution < 1.29 is 0 Å². The highest BCUT2D eigenvalue weighted by atomic mass is 15.1. The van der Waals surface area contributed by atoms with Crippen LogP contribution in [0, 0.1) is 0 Å². The molecular weight excluding hydrogens is 242 g/mol. The molecule has 0 fully saturated rings. The molecule has 0 aromatic heterocycles. The molecule has 0 N–H and O–H groups in total. The monoisotopic (exact) mass is 271 g/mol. The smallest absolute Gasteiger partial charge is 0.0364 e. The van der Waals surface area contributed by atoms with Crippen molar-refractivity contribution in [2.24, 2.45) is 0 Å². The highest BCUT2D eigenvalue weighted by molar-refractivity contribution is 5.61. The lowest BCUT2D eigenvalue weighted by molar-refractivity contribution is 0.449. The van der Waals surface area contributed by atoms with Crippen molar-refractivity contribution in [2.75, 3.05) is 13.6 Å². The van der Waals surface area contributed by atoms with Crippen molar-refractivity contribution in [3.63, 3.8) is 0 Å². The molecule has 1 heteroatoms. The largest absolute Gasteiger partial charge is 0.375 e. The zero-order valence-electron chi connectivity index (χ0n) is 13.2. The van der Waals surface area contributed by atoms with Crippen LogP contribution in [0.15, 0.2) is 49.1 Å². The molecule has 0 amide bonds. The second-order valence-corrected chi connectivity index (χ2v) is 5.71. The van der Waals surface area contributed by atoms with Crippen molar-refractivity contribution in [3.05, 3.63) is 54.6 Å². The summed E-state index contributed by atoms with van der Waals surface area (Å²) in [5.74, 6) is 0. The molecule has 0 aliphatic rings. The molecule has 0 saturated heterocycles. The molecule has 1 rings (SSSR count). The fourth-order valence-corrected chi connectivity index (χ4v) is 2.29. The van der Waals surface area contributed by atoms with Gasteiger partial charge in [0.05, 0.1) is 0 Å². The zero-order valence-corrected chi connectivity index (χ0v) is 13.2. The predicted octanol–water partition coefficient (Wildman–Crippen LogP) is 5.51. The minimum Gasteiger partial charge on any atom is -0.375 e. The Kier molecular flexibility index (Phi) is 7.79. The summed E-state index contributed by atoms with van der Waals surface area (Å²) in [6, 6.07) is 10.4. The Bertz CT molecular complexity index is 405. The molecule has 20 heavy (non-hydrogen) atoms. The van der Waals surface area contributed by atoms with Crippen LogP contribution in [0.1, 0.15) is 51.0 Å². The maximum Gasteiger partial charge on any atom is 0.0364 e. The first-order chi connectivity index (χ1) is 9.61. The number of nitrogens with zero attached hydrogens (tertiary/aromatic N) is 1. The van der Waals surface area contributed by atoms with Crippen molar-refractivity contribution in [1.82, 2.24) is 4.90 Å². The fraction of sp³-hybridized carbons (Fsp3) is 0.474. The minimum atomic E-state index is 1.09. The maximum absolute atomic E-state index is 4.19. The summed E-state index contributed by atoms with van der Waals surface area (Å²) >= 11 is 0. The van der Waals surface area contributed by atoms with Crippen LogP contribution in [0.3, 0.4) is 0 Å². The first kappa shape index (κ1) is 16.6. The van der Waals surface area contributed by atoms with E-state index in [0.29, 0.717) is 0 Å². The number of rotatable bonds is 10. The van der Waals surface area contributed by atoms with Crippen molar-refractivity contribution in [3.8, 4) is 0 Å². The molecule has 0 aliphatic carbocycles. The van der Waals surface area contributed by atoms with Gasteiger partial charge in [-0.1, -0.05) is 61.7 Å². The first-order valence-corrected chi connectivity index (χ1v) is 7.71. The van der Waals surface area contributed by atoms with Gasteiger partial charge in [0, 0.05) is 19.3 Å². The van der Waals surface area contributed by atoms with Crippen LogP contribution in [-0.2, 0) is 0 Å². The van der Waals surface area contributed by atoms with E-state index in [0.717, 1.165) is 12.2 Å². The third-order valence-electron chi connectivity index (χ3n) is 3.66. The first-order valence-electron chi connectivity index (χ1n) is 7.71. The van der Waals surface area contributed by atoms with Crippen LogP contribution >= 0.6 is 0 Å². The van der Waals surface area contributed by atoms with Crippen LogP contribution in [-0.4, -0.2) is 18.5 Å². The molecule has 1 aromatic carbocycles. The Morgan fingerprint density at radius 1 is 0.950 bits per heavy atom. The summed E-state index contributed by atoms with van der Waals surface area (Å²) in [5, 5.41) is 0. The SMILES string of the molecule is C=C(C)CCCCCCCN(C)C(=C)c1ccccc1. The molecule has 1 aromatic rings. The lowest BCUT2D eigenvalue weighted by Crippen LogP contribution is -2.17. The van der Waals surface area contributed by atoms with E-state index in [2.05, 4.69) is 56.3 Å². The molecule has 0 aliphatic heterocycles. The summed E-state index contributed by atoms with van der Waals surface area (Å²) in [6.07, 6.45) is 7.69. The van der Waals surface area contributed by atoms with Gasteiger partial charge in [-0.15, -0.1) is 6.58 Å². The summed E-state index contributed by atoms with van der Waals surface area (Å²) in [7, 11) is 2.14. The number of hydrogen-bond acceptors (Lipinski definition) is 1. The Balaban J connectivity index is 2.13. The van der Waals surface area contributed by atoms with Crippen molar-refractivity contribution in [2.45, 2.75) is 45.4 Å². The molecule has 0 spiro atoms.